The predicted octanol–water partition coefficient (Wildman–Crippen LogP) is 4.19. The molecule has 0 aromatic heterocycles. The van der Waals surface area contributed by atoms with E-state index in [2.05, 4.69) is 37.2 Å². The largest absolute Gasteiger partial charge is 0.396 e. The number of hydrogen-bond donors (Lipinski definition) is 2. The molecule has 0 heterocycles. The summed E-state index contributed by atoms with van der Waals surface area (Å²) in [6.45, 7) is 0. The van der Waals surface area contributed by atoms with Crippen LogP contribution in [0.25, 0.3) is 0 Å². The van der Waals surface area contributed by atoms with Gasteiger partial charge in [-0.3, -0.25) is 4.79 Å². The summed E-state index contributed by atoms with van der Waals surface area (Å²) < 4.78 is 14.3. The van der Waals surface area contributed by atoms with Crippen molar-refractivity contribution in [2.75, 3.05) is 11.1 Å². The maximum absolute atomic E-state index is 13.2. The van der Waals surface area contributed by atoms with E-state index in [9.17, 15) is 9.18 Å². The number of para-hydroxylation sites is 1. The molecule has 0 saturated carbocycles. The molecule has 0 aliphatic carbocycles. The first-order valence-electron chi connectivity index (χ1n) is 5.29. The Hall–Kier alpha value is -1.40. The SMILES string of the molecule is Nc1cc(C(=O)Nc2ccccc2Br)c(Br)cc1F. The highest BCUT2D eigenvalue weighted by atomic mass is 79.9. The Balaban J connectivity index is 2.31. The third-order valence-corrected chi connectivity index (χ3v) is 3.80. The van der Waals surface area contributed by atoms with Gasteiger partial charge >= 0.3 is 0 Å². The lowest BCUT2D eigenvalue weighted by Gasteiger charge is -2.09. The number of halogens is 3. The van der Waals surface area contributed by atoms with Gasteiger partial charge in [0.1, 0.15) is 5.82 Å². The first-order chi connectivity index (χ1) is 8.99. The molecule has 0 saturated heterocycles. The van der Waals surface area contributed by atoms with E-state index in [0.717, 1.165) is 4.47 Å². The number of carbonyl (C=O) groups is 1. The van der Waals surface area contributed by atoms with E-state index in [4.69, 9.17) is 5.73 Å². The molecule has 0 bridgehead atoms. The topological polar surface area (TPSA) is 55.1 Å². The van der Waals surface area contributed by atoms with Crippen molar-refractivity contribution in [1.82, 2.24) is 0 Å². The van der Waals surface area contributed by atoms with Gasteiger partial charge in [-0.2, -0.15) is 0 Å². The van der Waals surface area contributed by atoms with E-state index in [1.54, 1.807) is 12.1 Å². The highest BCUT2D eigenvalue weighted by Crippen LogP contribution is 2.26. The number of benzene rings is 2. The van der Waals surface area contributed by atoms with Gasteiger partial charge in [-0.25, -0.2) is 4.39 Å². The van der Waals surface area contributed by atoms with E-state index in [1.165, 1.54) is 12.1 Å². The molecular weight excluding hydrogens is 379 g/mol. The normalized spacial score (nSPS) is 10.3. The fourth-order valence-corrected chi connectivity index (χ4v) is 2.37. The highest BCUT2D eigenvalue weighted by Gasteiger charge is 2.14. The van der Waals surface area contributed by atoms with Gasteiger partial charge in [0.2, 0.25) is 0 Å². The van der Waals surface area contributed by atoms with Gasteiger partial charge < -0.3 is 11.1 Å². The monoisotopic (exact) mass is 386 g/mol. The van der Waals surface area contributed by atoms with E-state index in [0.29, 0.717) is 10.2 Å². The standard InChI is InChI=1S/C13H9Br2FN2O/c14-8-3-1-2-4-12(8)18-13(19)7-5-11(17)10(16)6-9(7)15/h1-6H,17H2,(H,18,19). The average molecular weight is 388 g/mol. The molecule has 0 fully saturated rings. The second-order valence-electron chi connectivity index (χ2n) is 3.79. The molecule has 1 amide bonds. The minimum Gasteiger partial charge on any atom is -0.396 e. The Morgan fingerprint density at radius 3 is 2.53 bits per heavy atom. The molecule has 6 heteroatoms. The molecular formula is C13H9Br2FN2O. The smallest absolute Gasteiger partial charge is 0.256 e. The van der Waals surface area contributed by atoms with Crippen LogP contribution in [0.2, 0.25) is 0 Å². The Kier molecular flexibility index (Phi) is 4.21. The molecule has 98 valence electrons. The molecule has 2 rings (SSSR count). The number of amides is 1. The van der Waals surface area contributed by atoms with Crippen molar-refractivity contribution < 1.29 is 9.18 Å². The van der Waals surface area contributed by atoms with Crippen molar-refractivity contribution in [2.24, 2.45) is 0 Å². The molecule has 3 nitrogen and oxygen atoms in total. The summed E-state index contributed by atoms with van der Waals surface area (Å²) in [5.74, 6) is -0.935. The second-order valence-corrected chi connectivity index (χ2v) is 5.50. The molecule has 0 atom stereocenters. The van der Waals surface area contributed by atoms with E-state index < -0.39 is 5.82 Å². The van der Waals surface area contributed by atoms with Crippen LogP contribution < -0.4 is 11.1 Å². The van der Waals surface area contributed by atoms with Gasteiger partial charge in [0.15, 0.2) is 0 Å². The number of nitrogens with one attached hydrogen (secondary N) is 1. The fraction of sp³-hybridized carbons (Fsp3) is 0. The number of rotatable bonds is 2. The molecule has 2 aromatic rings. The van der Waals surface area contributed by atoms with Crippen LogP contribution in [0.1, 0.15) is 10.4 Å². The van der Waals surface area contributed by atoms with Gasteiger partial charge in [0.05, 0.1) is 16.9 Å². The molecule has 3 N–H and O–H groups in total. The summed E-state index contributed by atoms with van der Waals surface area (Å²) >= 11 is 6.48. The summed E-state index contributed by atoms with van der Waals surface area (Å²) in [6.07, 6.45) is 0. The van der Waals surface area contributed by atoms with Crippen molar-refractivity contribution in [3.8, 4) is 0 Å². The van der Waals surface area contributed by atoms with Crippen LogP contribution in [-0.2, 0) is 0 Å². The quantitative estimate of drug-likeness (QED) is 0.759. The van der Waals surface area contributed by atoms with Crippen LogP contribution in [0.3, 0.4) is 0 Å². The van der Waals surface area contributed by atoms with Crippen molar-refractivity contribution in [3.63, 3.8) is 0 Å². The number of hydrogen-bond acceptors (Lipinski definition) is 2. The number of anilines is 2. The summed E-state index contributed by atoms with van der Waals surface area (Å²) in [7, 11) is 0. The van der Waals surface area contributed by atoms with Crippen LogP contribution in [0, 0.1) is 5.82 Å². The van der Waals surface area contributed by atoms with E-state index in [1.807, 2.05) is 12.1 Å². The fourth-order valence-electron chi connectivity index (χ4n) is 1.49. The van der Waals surface area contributed by atoms with Gasteiger partial charge in [-0.15, -0.1) is 0 Å². The highest BCUT2D eigenvalue weighted by molar-refractivity contribution is 9.11. The van der Waals surface area contributed by atoms with Crippen LogP contribution in [0.15, 0.2) is 45.3 Å². The lowest BCUT2D eigenvalue weighted by molar-refractivity contribution is 0.102. The molecule has 0 spiro atoms. The maximum Gasteiger partial charge on any atom is 0.256 e. The summed E-state index contributed by atoms with van der Waals surface area (Å²) in [4.78, 5) is 12.1. The molecule has 0 unspecified atom stereocenters. The van der Waals surface area contributed by atoms with Crippen molar-refractivity contribution in [2.45, 2.75) is 0 Å². The average Bonchev–Trinajstić information content (AvgIpc) is 2.36. The van der Waals surface area contributed by atoms with E-state index in [-0.39, 0.29) is 17.2 Å². The first-order valence-corrected chi connectivity index (χ1v) is 6.88. The Morgan fingerprint density at radius 2 is 1.84 bits per heavy atom. The summed E-state index contributed by atoms with van der Waals surface area (Å²) in [6, 6.07) is 9.67. The molecule has 0 aliphatic rings. The second kappa shape index (κ2) is 5.71. The van der Waals surface area contributed by atoms with Crippen LogP contribution >= 0.6 is 31.9 Å². The van der Waals surface area contributed by atoms with Gasteiger partial charge in [-0.05, 0) is 56.1 Å². The number of nitrogen functional groups attached to an aromatic ring is 1. The van der Waals surface area contributed by atoms with Crippen LogP contribution in [0.4, 0.5) is 15.8 Å². The first kappa shape index (κ1) is 14.0. The third kappa shape index (κ3) is 3.13. The molecule has 19 heavy (non-hydrogen) atoms. The summed E-state index contributed by atoms with van der Waals surface area (Å²) in [5.41, 5.74) is 6.30. The maximum atomic E-state index is 13.2. The Bertz CT molecular complexity index is 647. The van der Waals surface area contributed by atoms with Gasteiger partial charge in [0, 0.05) is 8.95 Å². The molecule has 2 aromatic carbocycles. The van der Waals surface area contributed by atoms with Crippen molar-refractivity contribution >= 4 is 49.1 Å². The van der Waals surface area contributed by atoms with Crippen molar-refractivity contribution in [3.05, 3.63) is 56.7 Å². The molecule has 0 aliphatic heterocycles. The number of carbonyl (C=O) groups excluding carboxylic acids is 1. The predicted molar refractivity (Wildman–Crippen MR) is 80.6 cm³/mol. The lowest BCUT2D eigenvalue weighted by Crippen LogP contribution is -2.13. The Labute approximate surface area is 126 Å². The van der Waals surface area contributed by atoms with Crippen LogP contribution in [-0.4, -0.2) is 5.91 Å². The lowest BCUT2D eigenvalue weighted by atomic mass is 10.1. The van der Waals surface area contributed by atoms with Gasteiger partial charge in [0.25, 0.3) is 5.91 Å². The van der Waals surface area contributed by atoms with Gasteiger partial charge in [-0.1, -0.05) is 12.1 Å². The van der Waals surface area contributed by atoms with Crippen molar-refractivity contribution in [1.29, 1.82) is 0 Å². The van der Waals surface area contributed by atoms with E-state index >= 15 is 0 Å². The zero-order valence-electron chi connectivity index (χ0n) is 9.58. The molecule has 0 radical (unpaired) electrons. The van der Waals surface area contributed by atoms with Crippen LogP contribution in [0.5, 0.6) is 0 Å². The summed E-state index contributed by atoms with van der Waals surface area (Å²) in [5, 5.41) is 2.72. The Morgan fingerprint density at radius 1 is 1.16 bits per heavy atom. The zero-order valence-corrected chi connectivity index (χ0v) is 12.8. The third-order valence-electron chi connectivity index (χ3n) is 2.45. The zero-order chi connectivity index (χ0) is 14.0. The minimum atomic E-state index is -0.565. The minimum absolute atomic E-state index is 0.0690. The number of nitrogens with two attached hydrogens (primary N) is 1.